The van der Waals surface area contributed by atoms with Crippen LogP contribution < -0.4 is 10.6 Å². The Morgan fingerprint density at radius 2 is 2.06 bits per heavy atom. The van der Waals surface area contributed by atoms with Crippen molar-refractivity contribution in [3.05, 3.63) is 28.2 Å². The third-order valence-corrected chi connectivity index (χ3v) is 2.65. The first kappa shape index (κ1) is 13.3. The molecule has 5 heteroatoms. The summed E-state index contributed by atoms with van der Waals surface area (Å²) in [5.41, 5.74) is 0.651. The third-order valence-electron chi connectivity index (χ3n) is 1.92. The zero-order valence-electron chi connectivity index (χ0n) is 9.02. The average Bonchev–Trinajstić information content (AvgIpc) is 2.24. The second-order valence-electron chi connectivity index (χ2n) is 3.35. The lowest BCUT2D eigenvalue weighted by atomic mass is 10.3. The summed E-state index contributed by atoms with van der Waals surface area (Å²) in [6.07, 6.45) is 1.00. The van der Waals surface area contributed by atoms with Crippen molar-refractivity contribution in [2.45, 2.75) is 13.3 Å². The van der Waals surface area contributed by atoms with Crippen LogP contribution in [-0.2, 0) is 4.79 Å². The highest BCUT2D eigenvalue weighted by atomic mass is 35.5. The van der Waals surface area contributed by atoms with Crippen LogP contribution in [0.5, 0.6) is 0 Å². The SMILES string of the molecule is CCCNCC(=O)Nc1ccc(Cl)c(Cl)c1. The van der Waals surface area contributed by atoms with E-state index >= 15 is 0 Å². The highest BCUT2D eigenvalue weighted by Gasteiger charge is 2.03. The molecule has 0 saturated heterocycles. The first-order valence-electron chi connectivity index (χ1n) is 5.09. The summed E-state index contributed by atoms with van der Waals surface area (Å²) in [5.74, 6) is -0.0909. The van der Waals surface area contributed by atoms with Crippen LogP contribution in [0.1, 0.15) is 13.3 Å². The number of carbonyl (C=O) groups is 1. The summed E-state index contributed by atoms with van der Waals surface area (Å²) in [4.78, 5) is 11.4. The standard InChI is InChI=1S/C11H14Cl2N2O/c1-2-5-14-7-11(16)15-8-3-4-9(12)10(13)6-8/h3-4,6,14H,2,5,7H2,1H3,(H,15,16). The molecule has 0 atom stereocenters. The second kappa shape index (κ2) is 6.74. The van der Waals surface area contributed by atoms with Crippen molar-refractivity contribution in [1.82, 2.24) is 5.32 Å². The minimum Gasteiger partial charge on any atom is -0.325 e. The molecule has 0 aliphatic heterocycles. The van der Waals surface area contributed by atoms with Gasteiger partial charge in [-0.3, -0.25) is 4.79 Å². The van der Waals surface area contributed by atoms with Gasteiger partial charge >= 0.3 is 0 Å². The van der Waals surface area contributed by atoms with Crippen molar-refractivity contribution in [3.8, 4) is 0 Å². The predicted molar refractivity (Wildman–Crippen MR) is 68.3 cm³/mol. The molecule has 1 aromatic carbocycles. The zero-order chi connectivity index (χ0) is 12.0. The molecule has 0 bridgehead atoms. The summed E-state index contributed by atoms with van der Waals surface area (Å²) in [6, 6.07) is 4.99. The maximum atomic E-state index is 11.4. The number of nitrogens with one attached hydrogen (secondary N) is 2. The van der Waals surface area contributed by atoms with E-state index in [2.05, 4.69) is 10.6 Å². The summed E-state index contributed by atoms with van der Waals surface area (Å²) in [7, 11) is 0. The molecule has 2 N–H and O–H groups in total. The minimum absolute atomic E-state index is 0.0909. The van der Waals surface area contributed by atoms with Gasteiger partial charge in [-0.1, -0.05) is 30.1 Å². The van der Waals surface area contributed by atoms with Crippen LogP contribution in [-0.4, -0.2) is 19.0 Å². The van der Waals surface area contributed by atoms with E-state index in [0.29, 0.717) is 22.3 Å². The molecule has 0 saturated carbocycles. The van der Waals surface area contributed by atoms with Crippen LogP contribution >= 0.6 is 23.2 Å². The van der Waals surface area contributed by atoms with Crippen LogP contribution in [0.15, 0.2) is 18.2 Å². The van der Waals surface area contributed by atoms with Crippen molar-refractivity contribution < 1.29 is 4.79 Å². The molecule has 0 fully saturated rings. The van der Waals surface area contributed by atoms with Crippen molar-refractivity contribution in [3.63, 3.8) is 0 Å². The van der Waals surface area contributed by atoms with Gasteiger partial charge in [0.1, 0.15) is 0 Å². The Balaban J connectivity index is 2.46. The highest BCUT2D eigenvalue weighted by molar-refractivity contribution is 6.42. The fraction of sp³-hybridized carbons (Fsp3) is 0.364. The van der Waals surface area contributed by atoms with E-state index < -0.39 is 0 Å². The lowest BCUT2D eigenvalue weighted by Crippen LogP contribution is -2.28. The quantitative estimate of drug-likeness (QED) is 0.800. The predicted octanol–water partition coefficient (Wildman–Crippen LogP) is 2.93. The van der Waals surface area contributed by atoms with Crippen LogP contribution in [0.4, 0.5) is 5.69 Å². The molecule has 0 aliphatic rings. The van der Waals surface area contributed by atoms with Crippen LogP contribution in [0, 0.1) is 0 Å². The smallest absolute Gasteiger partial charge is 0.238 e. The van der Waals surface area contributed by atoms with E-state index in [1.165, 1.54) is 0 Å². The Bertz CT molecular complexity index is 369. The lowest BCUT2D eigenvalue weighted by Gasteiger charge is -2.06. The Morgan fingerprint density at radius 1 is 1.31 bits per heavy atom. The van der Waals surface area contributed by atoms with Gasteiger partial charge in [-0.2, -0.15) is 0 Å². The molecule has 1 aromatic rings. The monoisotopic (exact) mass is 260 g/mol. The van der Waals surface area contributed by atoms with Crippen LogP contribution in [0.3, 0.4) is 0 Å². The van der Waals surface area contributed by atoms with Crippen LogP contribution in [0.25, 0.3) is 0 Å². The molecule has 0 aliphatic carbocycles. The summed E-state index contributed by atoms with van der Waals surface area (Å²) < 4.78 is 0. The van der Waals surface area contributed by atoms with Crippen LogP contribution in [0.2, 0.25) is 10.0 Å². The molecule has 88 valence electrons. The summed E-state index contributed by atoms with van der Waals surface area (Å²) >= 11 is 11.6. The largest absolute Gasteiger partial charge is 0.325 e. The molecule has 0 unspecified atom stereocenters. The summed E-state index contributed by atoms with van der Waals surface area (Å²) in [6.45, 7) is 3.17. The van der Waals surface area contributed by atoms with E-state index in [0.717, 1.165) is 13.0 Å². The van der Waals surface area contributed by atoms with Gasteiger partial charge in [0.2, 0.25) is 5.91 Å². The third kappa shape index (κ3) is 4.39. The normalized spacial score (nSPS) is 10.2. The van der Waals surface area contributed by atoms with E-state index in [1.807, 2.05) is 6.92 Å². The number of halogens is 2. The van der Waals surface area contributed by atoms with E-state index in [4.69, 9.17) is 23.2 Å². The fourth-order valence-electron chi connectivity index (χ4n) is 1.16. The fourth-order valence-corrected chi connectivity index (χ4v) is 1.46. The molecule has 1 amide bonds. The number of amides is 1. The molecule has 0 spiro atoms. The molecule has 0 aromatic heterocycles. The number of hydrogen-bond donors (Lipinski definition) is 2. The topological polar surface area (TPSA) is 41.1 Å². The first-order valence-corrected chi connectivity index (χ1v) is 5.84. The van der Waals surface area contributed by atoms with E-state index in [-0.39, 0.29) is 5.91 Å². The maximum absolute atomic E-state index is 11.4. The number of hydrogen-bond acceptors (Lipinski definition) is 2. The number of benzene rings is 1. The average molecular weight is 261 g/mol. The molecule has 16 heavy (non-hydrogen) atoms. The Morgan fingerprint density at radius 3 is 2.69 bits per heavy atom. The van der Waals surface area contributed by atoms with Crippen molar-refractivity contribution in [1.29, 1.82) is 0 Å². The van der Waals surface area contributed by atoms with Crippen molar-refractivity contribution >= 4 is 34.8 Å². The number of anilines is 1. The zero-order valence-corrected chi connectivity index (χ0v) is 10.5. The maximum Gasteiger partial charge on any atom is 0.238 e. The molecule has 0 heterocycles. The molecular formula is C11H14Cl2N2O. The first-order chi connectivity index (χ1) is 7.63. The molecule has 3 nitrogen and oxygen atoms in total. The molecule has 0 radical (unpaired) electrons. The Labute approximate surface area is 105 Å². The van der Waals surface area contributed by atoms with Gasteiger partial charge in [0.05, 0.1) is 16.6 Å². The Kier molecular flexibility index (Phi) is 5.60. The summed E-state index contributed by atoms with van der Waals surface area (Å²) in [5, 5.41) is 6.64. The molecule has 1 rings (SSSR count). The number of carbonyl (C=O) groups excluding carboxylic acids is 1. The van der Waals surface area contributed by atoms with Gasteiger partial charge in [-0.05, 0) is 31.2 Å². The highest BCUT2D eigenvalue weighted by Crippen LogP contribution is 2.24. The van der Waals surface area contributed by atoms with E-state index in [1.54, 1.807) is 18.2 Å². The van der Waals surface area contributed by atoms with Gasteiger partial charge in [0, 0.05) is 5.69 Å². The van der Waals surface area contributed by atoms with Gasteiger partial charge in [-0.15, -0.1) is 0 Å². The van der Waals surface area contributed by atoms with Gasteiger partial charge in [0.15, 0.2) is 0 Å². The van der Waals surface area contributed by atoms with Gasteiger partial charge < -0.3 is 10.6 Å². The second-order valence-corrected chi connectivity index (χ2v) is 4.17. The van der Waals surface area contributed by atoms with Gasteiger partial charge in [0.25, 0.3) is 0 Å². The van der Waals surface area contributed by atoms with Crippen molar-refractivity contribution in [2.75, 3.05) is 18.4 Å². The Hall–Kier alpha value is -0.770. The van der Waals surface area contributed by atoms with Gasteiger partial charge in [-0.25, -0.2) is 0 Å². The molecular weight excluding hydrogens is 247 g/mol. The minimum atomic E-state index is -0.0909. The lowest BCUT2D eigenvalue weighted by molar-refractivity contribution is -0.115. The van der Waals surface area contributed by atoms with Crippen molar-refractivity contribution in [2.24, 2.45) is 0 Å². The van der Waals surface area contributed by atoms with E-state index in [9.17, 15) is 4.79 Å². The number of rotatable bonds is 5.